The van der Waals surface area contributed by atoms with Crippen molar-refractivity contribution in [1.29, 1.82) is 0 Å². The number of amides is 1. The van der Waals surface area contributed by atoms with E-state index in [1.807, 2.05) is 30.3 Å². The molecule has 0 saturated heterocycles. The van der Waals surface area contributed by atoms with Gasteiger partial charge in [-0.3, -0.25) is 14.4 Å². The molecule has 2 aromatic rings. The molecule has 1 atom stereocenters. The molecular formula is C19H21NO5. The van der Waals surface area contributed by atoms with E-state index in [4.69, 9.17) is 9.15 Å². The molecule has 1 aromatic carbocycles. The summed E-state index contributed by atoms with van der Waals surface area (Å²) < 4.78 is 10.0. The average molecular weight is 343 g/mol. The largest absolute Gasteiger partial charge is 0.469 e. The molecule has 0 bridgehead atoms. The lowest BCUT2D eigenvalue weighted by Gasteiger charge is -2.16. The van der Waals surface area contributed by atoms with Crippen molar-refractivity contribution < 1.29 is 23.5 Å². The zero-order valence-corrected chi connectivity index (χ0v) is 14.1. The minimum atomic E-state index is -0.642. The van der Waals surface area contributed by atoms with Crippen LogP contribution in [-0.4, -0.2) is 30.3 Å². The molecule has 0 fully saturated rings. The van der Waals surface area contributed by atoms with Crippen molar-refractivity contribution in [1.82, 2.24) is 5.32 Å². The van der Waals surface area contributed by atoms with Gasteiger partial charge in [0.15, 0.2) is 12.4 Å². The Morgan fingerprint density at radius 3 is 2.52 bits per heavy atom. The maximum Gasteiger partial charge on any atom is 0.306 e. The van der Waals surface area contributed by atoms with E-state index in [9.17, 15) is 14.4 Å². The number of rotatable bonds is 9. The van der Waals surface area contributed by atoms with Gasteiger partial charge in [0, 0.05) is 6.42 Å². The molecule has 0 aliphatic heterocycles. The maximum absolute atomic E-state index is 11.9. The predicted molar refractivity (Wildman–Crippen MR) is 90.7 cm³/mol. The molecule has 1 N–H and O–H groups in total. The van der Waals surface area contributed by atoms with Gasteiger partial charge in [0.1, 0.15) is 5.76 Å². The number of nitrogens with one attached hydrogen (secondary N) is 1. The molecule has 132 valence electrons. The second kappa shape index (κ2) is 9.42. The van der Waals surface area contributed by atoms with E-state index in [1.165, 1.54) is 13.2 Å². The summed E-state index contributed by atoms with van der Waals surface area (Å²) in [4.78, 5) is 35.3. The lowest BCUT2D eigenvalue weighted by Crippen LogP contribution is -2.43. The van der Waals surface area contributed by atoms with Crippen LogP contribution in [0, 0.1) is 0 Å². The molecule has 0 unspecified atom stereocenters. The van der Waals surface area contributed by atoms with Crippen molar-refractivity contribution in [3.05, 3.63) is 60.1 Å². The van der Waals surface area contributed by atoms with Crippen molar-refractivity contribution in [2.75, 3.05) is 6.61 Å². The molecule has 2 rings (SSSR count). The number of ketones is 1. The van der Waals surface area contributed by atoms with E-state index in [0.717, 1.165) is 5.56 Å². The zero-order chi connectivity index (χ0) is 18.1. The van der Waals surface area contributed by atoms with Gasteiger partial charge in [-0.1, -0.05) is 30.3 Å². The first-order chi connectivity index (χ1) is 12.0. The van der Waals surface area contributed by atoms with E-state index >= 15 is 0 Å². The first kappa shape index (κ1) is 18.4. The molecule has 25 heavy (non-hydrogen) atoms. The molecule has 1 heterocycles. The van der Waals surface area contributed by atoms with Gasteiger partial charge in [-0.2, -0.15) is 0 Å². The van der Waals surface area contributed by atoms with Crippen LogP contribution >= 0.6 is 0 Å². The van der Waals surface area contributed by atoms with E-state index in [2.05, 4.69) is 5.32 Å². The highest BCUT2D eigenvalue weighted by molar-refractivity contribution is 5.88. The fourth-order valence-corrected chi connectivity index (χ4v) is 2.28. The lowest BCUT2D eigenvalue weighted by atomic mass is 10.0. The molecule has 6 heteroatoms. The van der Waals surface area contributed by atoms with E-state index in [0.29, 0.717) is 18.6 Å². The Morgan fingerprint density at radius 1 is 1.12 bits per heavy atom. The molecule has 1 amide bonds. The summed E-state index contributed by atoms with van der Waals surface area (Å²) >= 11 is 0. The predicted octanol–water partition coefficient (Wildman–Crippen LogP) is 2.07. The summed E-state index contributed by atoms with van der Waals surface area (Å²) in [7, 11) is 0. The van der Waals surface area contributed by atoms with Crippen LogP contribution in [0.4, 0.5) is 0 Å². The Labute approximate surface area is 146 Å². The number of aryl methyl sites for hydroxylation is 1. The van der Waals surface area contributed by atoms with Crippen LogP contribution in [0.3, 0.4) is 0 Å². The van der Waals surface area contributed by atoms with Gasteiger partial charge in [0.25, 0.3) is 5.91 Å². The van der Waals surface area contributed by atoms with E-state index in [1.54, 1.807) is 12.1 Å². The molecule has 1 aromatic heterocycles. The molecule has 6 nitrogen and oxygen atoms in total. The van der Waals surface area contributed by atoms with Crippen molar-refractivity contribution in [3.63, 3.8) is 0 Å². The highest BCUT2D eigenvalue weighted by Gasteiger charge is 2.18. The van der Waals surface area contributed by atoms with Crippen LogP contribution in [0.15, 0.2) is 53.1 Å². The minimum Gasteiger partial charge on any atom is -0.469 e. The number of benzene rings is 1. The summed E-state index contributed by atoms with van der Waals surface area (Å²) in [6.07, 6.45) is 2.47. The molecule has 0 aliphatic rings. The summed E-state index contributed by atoms with van der Waals surface area (Å²) in [5.41, 5.74) is 0.943. The first-order valence-corrected chi connectivity index (χ1v) is 8.06. The van der Waals surface area contributed by atoms with Gasteiger partial charge in [-0.25, -0.2) is 0 Å². The van der Waals surface area contributed by atoms with Crippen molar-refractivity contribution in [3.8, 4) is 0 Å². The number of ether oxygens (including phenoxy) is 1. The second-order valence-corrected chi connectivity index (χ2v) is 5.66. The van der Waals surface area contributed by atoms with Gasteiger partial charge < -0.3 is 14.5 Å². The standard InChI is InChI=1S/C19H21NO5/c1-14(21)17(12-15-6-3-2-4-7-15)20-18(22)13-25-19(23)10-9-16-8-5-11-24-16/h2-8,11,17H,9-10,12-13H2,1H3,(H,20,22)/t17-/m0/s1. The Bertz CT molecular complexity index is 694. The third-order valence-corrected chi connectivity index (χ3v) is 3.63. The third-order valence-electron chi connectivity index (χ3n) is 3.63. The Morgan fingerprint density at radius 2 is 1.88 bits per heavy atom. The van der Waals surface area contributed by atoms with Crippen LogP contribution in [0.2, 0.25) is 0 Å². The normalized spacial score (nSPS) is 11.6. The molecule has 0 radical (unpaired) electrons. The van der Waals surface area contributed by atoms with Gasteiger partial charge >= 0.3 is 5.97 Å². The smallest absolute Gasteiger partial charge is 0.306 e. The Kier molecular flexibility index (Phi) is 6.95. The van der Waals surface area contributed by atoms with Gasteiger partial charge in [-0.15, -0.1) is 0 Å². The van der Waals surface area contributed by atoms with E-state index < -0.39 is 24.5 Å². The summed E-state index contributed by atoms with van der Waals surface area (Å²) in [5.74, 6) is -0.460. The monoisotopic (exact) mass is 343 g/mol. The van der Waals surface area contributed by atoms with Crippen molar-refractivity contribution >= 4 is 17.7 Å². The fraction of sp³-hybridized carbons (Fsp3) is 0.316. The number of hydrogen-bond donors (Lipinski definition) is 1. The highest BCUT2D eigenvalue weighted by atomic mass is 16.5. The van der Waals surface area contributed by atoms with Gasteiger partial charge in [-0.05, 0) is 31.0 Å². The summed E-state index contributed by atoms with van der Waals surface area (Å²) in [5, 5.41) is 2.61. The minimum absolute atomic E-state index is 0.126. The number of furan rings is 1. The van der Waals surface area contributed by atoms with Crippen LogP contribution in [0.1, 0.15) is 24.7 Å². The van der Waals surface area contributed by atoms with E-state index in [-0.39, 0.29) is 12.2 Å². The second-order valence-electron chi connectivity index (χ2n) is 5.66. The Balaban J connectivity index is 1.74. The number of hydrogen-bond acceptors (Lipinski definition) is 5. The molecular weight excluding hydrogens is 322 g/mol. The van der Waals surface area contributed by atoms with Crippen molar-refractivity contribution in [2.24, 2.45) is 0 Å². The number of Topliss-reactive ketones (excluding diaryl/α,β-unsaturated/α-hetero) is 1. The number of carbonyl (C=O) groups is 3. The van der Waals surface area contributed by atoms with Gasteiger partial charge in [0.2, 0.25) is 0 Å². The maximum atomic E-state index is 11.9. The summed E-state index contributed by atoms with van der Waals surface area (Å²) in [6, 6.07) is 12.3. The molecule has 0 spiro atoms. The average Bonchev–Trinajstić information content (AvgIpc) is 3.12. The van der Waals surface area contributed by atoms with Crippen LogP contribution in [0.5, 0.6) is 0 Å². The quantitative estimate of drug-likeness (QED) is 0.705. The number of esters is 1. The third kappa shape index (κ3) is 6.63. The fourth-order valence-electron chi connectivity index (χ4n) is 2.28. The zero-order valence-electron chi connectivity index (χ0n) is 14.1. The van der Waals surface area contributed by atoms with Crippen LogP contribution in [-0.2, 0) is 32.0 Å². The summed E-state index contributed by atoms with van der Waals surface area (Å²) in [6.45, 7) is 1.01. The number of carbonyl (C=O) groups excluding carboxylic acids is 3. The topological polar surface area (TPSA) is 85.6 Å². The first-order valence-electron chi connectivity index (χ1n) is 8.06. The van der Waals surface area contributed by atoms with Crippen molar-refractivity contribution in [2.45, 2.75) is 32.2 Å². The molecule has 0 aliphatic carbocycles. The van der Waals surface area contributed by atoms with Crippen LogP contribution < -0.4 is 5.32 Å². The molecule has 0 saturated carbocycles. The van der Waals surface area contributed by atoms with Gasteiger partial charge in [0.05, 0.1) is 18.7 Å². The van der Waals surface area contributed by atoms with Crippen LogP contribution in [0.25, 0.3) is 0 Å². The Hall–Kier alpha value is -2.89. The SMILES string of the molecule is CC(=O)[C@H](Cc1ccccc1)NC(=O)COC(=O)CCc1ccco1. The lowest BCUT2D eigenvalue weighted by molar-refractivity contribution is -0.148. The highest BCUT2D eigenvalue weighted by Crippen LogP contribution is 2.05.